The Kier molecular flexibility index (Phi) is 8.59. The molecule has 3 aromatic rings. The molecule has 0 radical (unpaired) electrons. The summed E-state index contributed by atoms with van der Waals surface area (Å²) in [7, 11) is 3.03. The maximum atomic E-state index is 13.0. The summed E-state index contributed by atoms with van der Waals surface area (Å²) >= 11 is 0. The van der Waals surface area contributed by atoms with E-state index in [0.29, 0.717) is 22.7 Å². The van der Waals surface area contributed by atoms with Gasteiger partial charge in [-0.3, -0.25) is 25.1 Å². The lowest BCUT2D eigenvalue weighted by molar-refractivity contribution is -0.114. The van der Waals surface area contributed by atoms with Gasteiger partial charge in [0.25, 0.3) is 17.7 Å². The number of ether oxygens (including phenoxy) is 1. The quantitative estimate of drug-likeness (QED) is 0.235. The molecule has 0 unspecified atom stereocenters. The van der Waals surface area contributed by atoms with Crippen LogP contribution in [0.1, 0.15) is 38.9 Å². The maximum absolute atomic E-state index is 13.0. The lowest BCUT2D eigenvalue weighted by Gasteiger charge is -2.15. The number of aromatic nitrogens is 1. The van der Waals surface area contributed by atoms with E-state index in [-0.39, 0.29) is 23.0 Å². The van der Waals surface area contributed by atoms with Crippen molar-refractivity contribution in [2.24, 2.45) is 0 Å². The molecule has 0 aliphatic rings. The summed E-state index contributed by atoms with van der Waals surface area (Å²) in [5, 5.41) is 17.3. The third-order valence-corrected chi connectivity index (χ3v) is 5.65. The van der Waals surface area contributed by atoms with Gasteiger partial charge in [0.15, 0.2) is 0 Å². The number of rotatable bonds is 8. The minimum atomic E-state index is -0.728. The zero-order valence-corrected chi connectivity index (χ0v) is 21.2. The Hall–Kier alpha value is -4.70. The molecule has 0 atom stereocenters. The highest BCUT2D eigenvalue weighted by atomic mass is 16.5. The Morgan fingerprint density at radius 2 is 1.62 bits per heavy atom. The first kappa shape index (κ1) is 26.9. The minimum Gasteiger partial charge on any atom is -0.494 e. The number of allylic oxidation sites excluding steroid dienone is 1. The van der Waals surface area contributed by atoms with Crippen LogP contribution in [0.3, 0.4) is 0 Å². The number of hydroxylamine groups is 1. The second-order valence-electron chi connectivity index (χ2n) is 8.19. The van der Waals surface area contributed by atoms with Crippen LogP contribution in [0.25, 0.3) is 11.3 Å². The number of nitrogens with zero attached hydrogens (tertiary/aromatic N) is 1. The van der Waals surface area contributed by atoms with Crippen LogP contribution < -0.4 is 26.2 Å². The molecule has 5 N–H and O–H groups in total. The van der Waals surface area contributed by atoms with E-state index in [4.69, 9.17) is 4.74 Å². The number of pyridine rings is 1. The lowest BCUT2D eigenvalue weighted by atomic mass is 9.99. The maximum Gasteiger partial charge on any atom is 0.275 e. The van der Waals surface area contributed by atoms with Crippen LogP contribution in [0.2, 0.25) is 0 Å². The summed E-state index contributed by atoms with van der Waals surface area (Å²) in [6, 6.07) is 15.3. The lowest BCUT2D eigenvalue weighted by Crippen LogP contribution is -2.31. The van der Waals surface area contributed by atoms with E-state index in [1.807, 2.05) is 37.5 Å². The van der Waals surface area contributed by atoms with E-state index < -0.39 is 11.8 Å². The van der Waals surface area contributed by atoms with Gasteiger partial charge in [0.2, 0.25) is 0 Å². The Bertz CT molecular complexity index is 1360. The molecule has 0 saturated heterocycles. The number of methoxy groups -OCH3 is 1. The average Bonchev–Trinajstić information content (AvgIpc) is 2.88. The molecule has 1 heterocycles. The van der Waals surface area contributed by atoms with Gasteiger partial charge in [-0.25, -0.2) is 4.98 Å². The van der Waals surface area contributed by atoms with E-state index in [1.165, 1.54) is 33.2 Å². The van der Waals surface area contributed by atoms with Gasteiger partial charge in [-0.1, -0.05) is 24.3 Å². The molecule has 0 aliphatic heterocycles. The summed E-state index contributed by atoms with van der Waals surface area (Å²) < 4.78 is 5.48. The molecule has 0 spiro atoms. The fourth-order valence-electron chi connectivity index (χ4n) is 3.78. The first-order valence-corrected chi connectivity index (χ1v) is 11.4. The molecule has 192 valence electrons. The van der Waals surface area contributed by atoms with Gasteiger partial charge in [-0.15, -0.1) is 0 Å². The SMILES string of the molecule is CNC(=O)c1cccc(NC(=O)/C(NO)=C(\C)NC(=O)c2ccc(OC)c(-c3c(C)cccc3C)n2)c1. The van der Waals surface area contributed by atoms with Crippen molar-refractivity contribution in [3.05, 3.63) is 88.4 Å². The summed E-state index contributed by atoms with van der Waals surface area (Å²) in [6.07, 6.45) is 0. The number of anilines is 1. The van der Waals surface area contributed by atoms with Gasteiger partial charge in [-0.2, -0.15) is 0 Å². The summed E-state index contributed by atoms with van der Waals surface area (Å²) in [5.74, 6) is -1.12. The summed E-state index contributed by atoms with van der Waals surface area (Å²) in [6.45, 7) is 5.35. The second-order valence-corrected chi connectivity index (χ2v) is 8.19. The summed E-state index contributed by atoms with van der Waals surface area (Å²) in [4.78, 5) is 42.2. The number of hydrogen-bond donors (Lipinski definition) is 5. The van der Waals surface area contributed by atoms with Crippen molar-refractivity contribution in [1.82, 2.24) is 21.1 Å². The molecular weight excluding hydrogens is 474 g/mol. The molecule has 10 nitrogen and oxygen atoms in total. The average molecular weight is 504 g/mol. The fourth-order valence-corrected chi connectivity index (χ4v) is 3.78. The number of hydrogen-bond acceptors (Lipinski definition) is 7. The zero-order valence-electron chi connectivity index (χ0n) is 21.2. The van der Waals surface area contributed by atoms with E-state index in [1.54, 1.807) is 24.3 Å². The van der Waals surface area contributed by atoms with Crippen LogP contribution in [0.4, 0.5) is 5.69 Å². The highest BCUT2D eigenvalue weighted by molar-refractivity contribution is 6.05. The first-order valence-electron chi connectivity index (χ1n) is 11.4. The van der Waals surface area contributed by atoms with Crippen LogP contribution in [0.15, 0.2) is 66.0 Å². The number of carbonyl (C=O) groups is 3. The van der Waals surface area contributed by atoms with Gasteiger partial charge in [0.05, 0.1) is 7.11 Å². The van der Waals surface area contributed by atoms with Crippen LogP contribution >= 0.6 is 0 Å². The fraction of sp³-hybridized carbons (Fsp3) is 0.185. The number of benzene rings is 2. The van der Waals surface area contributed by atoms with Crippen molar-refractivity contribution >= 4 is 23.4 Å². The van der Waals surface area contributed by atoms with Gasteiger partial charge >= 0.3 is 0 Å². The molecular formula is C27H29N5O5. The second kappa shape index (κ2) is 11.8. The molecule has 3 rings (SSSR count). The number of carbonyl (C=O) groups excluding carboxylic acids is 3. The Morgan fingerprint density at radius 3 is 2.24 bits per heavy atom. The number of aryl methyl sites for hydroxylation is 2. The number of amides is 3. The van der Waals surface area contributed by atoms with Crippen molar-refractivity contribution in [3.63, 3.8) is 0 Å². The van der Waals surface area contributed by atoms with Crippen molar-refractivity contribution in [2.45, 2.75) is 20.8 Å². The highest BCUT2D eigenvalue weighted by Gasteiger charge is 2.19. The van der Waals surface area contributed by atoms with Crippen molar-refractivity contribution in [1.29, 1.82) is 0 Å². The van der Waals surface area contributed by atoms with Gasteiger partial charge in [0, 0.05) is 29.6 Å². The first-order chi connectivity index (χ1) is 17.7. The van der Waals surface area contributed by atoms with Crippen molar-refractivity contribution < 1.29 is 24.3 Å². The van der Waals surface area contributed by atoms with E-state index in [9.17, 15) is 19.6 Å². The third kappa shape index (κ3) is 6.11. The molecule has 2 aromatic carbocycles. The van der Waals surface area contributed by atoms with Crippen LogP contribution in [0, 0.1) is 13.8 Å². The highest BCUT2D eigenvalue weighted by Crippen LogP contribution is 2.33. The van der Waals surface area contributed by atoms with Crippen LogP contribution in [0.5, 0.6) is 5.75 Å². The smallest absolute Gasteiger partial charge is 0.275 e. The Labute approximate surface area is 214 Å². The van der Waals surface area contributed by atoms with Crippen LogP contribution in [-0.2, 0) is 4.79 Å². The largest absolute Gasteiger partial charge is 0.494 e. The monoisotopic (exact) mass is 503 g/mol. The Morgan fingerprint density at radius 1 is 0.946 bits per heavy atom. The topological polar surface area (TPSA) is 142 Å². The molecule has 1 aromatic heterocycles. The molecule has 0 aliphatic carbocycles. The molecule has 0 bridgehead atoms. The third-order valence-electron chi connectivity index (χ3n) is 5.65. The molecule has 0 fully saturated rings. The minimum absolute atomic E-state index is 0.0543. The standard InChI is InChI=1S/C27H29N5O5/c1-15-8-6-9-16(2)22(15)24-21(37-5)13-12-20(31-24)26(34)29-17(3)23(32-36)27(35)30-19-11-7-10-18(14-19)25(33)28-4/h6-14,32,36H,1-5H3,(H,28,33)(H,29,34)(H,30,35)/b23-17-. The van der Waals surface area contributed by atoms with Gasteiger partial charge in [0.1, 0.15) is 22.8 Å². The molecule has 3 amide bonds. The van der Waals surface area contributed by atoms with Crippen LogP contribution in [-0.4, -0.2) is 42.1 Å². The van der Waals surface area contributed by atoms with E-state index in [0.717, 1.165) is 16.7 Å². The predicted octanol–water partition coefficient (Wildman–Crippen LogP) is 3.31. The van der Waals surface area contributed by atoms with Crippen molar-refractivity contribution in [3.8, 4) is 17.0 Å². The molecule has 0 saturated carbocycles. The molecule has 10 heteroatoms. The normalized spacial score (nSPS) is 11.2. The zero-order chi connectivity index (χ0) is 27.1. The van der Waals surface area contributed by atoms with Crippen molar-refractivity contribution in [2.75, 3.05) is 19.5 Å². The predicted molar refractivity (Wildman–Crippen MR) is 139 cm³/mol. The van der Waals surface area contributed by atoms with Gasteiger partial charge < -0.3 is 20.7 Å². The Balaban J connectivity index is 1.87. The molecule has 37 heavy (non-hydrogen) atoms. The summed E-state index contributed by atoms with van der Waals surface area (Å²) in [5.41, 5.74) is 5.68. The number of nitrogens with one attached hydrogen (secondary N) is 4. The van der Waals surface area contributed by atoms with Gasteiger partial charge in [-0.05, 0) is 62.2 Å². The van der Waals surface area contributed by atoms with E-state index >= 15 is 0 Å². The van der Waals surface area contributed by atoms with E-state index in [2.05, 4.69) is 20.9 Å².